The molecule has 2 aromatic heterocycles. The lowest BCUT2D eigenvalue weighted by atomic mass is 9.99. The third-order valence-electron chi connectivity index (χ3n) is 4.70. The summed E-state index contributed by atoms with van der Waals surface area (Å²) in [4.78, 5) is 28.8. The normalized spacial score (nSPS) is 18.5. The summed E-state index contributed by atoms with van der Waals surface area (Å²) in [5, 5.41) is 4.26. The second-order valence-electron chi connectivity index (χ2n) is 6.73. The molecule has 3 heterocycles. The van der Waals surface area contributed by atoms with E-state index in [1.165, 1.54) is 9.08 Å². The van der Waals surface area contributed by atoms with Crippen molar-refractivity contribution in [2.45, 2.75) is 32.4 Å². The largest absolute Gasteiger partial charge is 0.350 e. The Morgan fingerprint density at radius 2 is 2.09 bits per heavy atom. The smallest absolute Gasteiger partial charge is 0.340 e. The maximum atomic E-state index is 12.4. The first-order valence-electron chi connectivity index (χ1n) is 7.92. The summed E-state index contributed by atoms with van der Waals surface area (Å²) in [6, 6.07) is 5.41. The minimum Gasteiger partial charge on any atom is -0.340 e. The fourth-order valence-corrected chi connectivity index (χ4v) is 2.93. The minimum absolute atomic E-state index is 0.0200. The van der Waals surface area contributed by atoms with Crippen molar-refractivity contribution >= 4 is 11.6 Å². The number of amides is 1. The van der Waals surface area contributed by atoms with Crippen LogP contribution in [0.3, 0.4) is 0 Å². The van der Waals surface area contributed by atoms with Crippen molar-refractivity contribution in [1.82, 2.24) is 24.0 Å². The van der Waals surface area contributed by atoms with Crippen molar-refractivity contribution in [3.05, 3.63) is 34.9 Å². The Hall–Kier alpha value is -2.15. The summed E-state index contributed by atoms with van der Waals surface area (Å²) in [7, 11) is 2.08. The summed E-state index contributed by atoms with van der Waals surface area (Å²) >= 11 is 0. The number of hydrogen-bond acceptors (Lipinski definition) is 4. The molecule has 0 saturated carbocycles. The maximum absolute atomic E-state index is 12.4. The number of pyridine rings is 1. The molecule has 0 radical (unpaired) electrons. The number of piperazine rings is 1. The van der Waals surface area contributed by atoms with Gasteiger partial charge < -0.3 is 4.90 Å². The number of carbonyl (C=O) groups is 1. The SMILES string of the molecule is CN1CCN(C(=O)CCn2nc3ccccn3c2=O)CC1(C)C. The van der Waals surface area contributed by atoms with Crippen LogP contribution in [0.5, 0.6) is 0 Å². The van der Waals surface area contributed by atoms with Crippen LogP contribution >= 0.6 is 0 Å². The number of rotatable bonds is 3. The Labute approximate surface area is 135 Å². The number of nitrogens with zero attached hydrogens (tertiary/aromatic N) is 5. The van der Waals surface area contributed by atoms with E-state index >= 15 is 0 Å². The summed E-state index contributed by atoms with van der Waals surface area (Å²) in [6.45, 7) is 6.90. The molecule has 1 amide bonds. The first kappa shape index (κ1) is 15.7. The van der Waals surface area contributed by atoms with E-state index < -0.39 is 0 Å². The van der Waals surface area contributed by atoms with Crippen LogP contribution < -0.4 is 5.69 Å². The lowest BCUT2D eigenvalue weighted by Gasteiger charge is -2.45. The van der Waals surface area contributed by atoms with E-state index in [9.17, 15) is 9.59 Å². The number of likely N-dealkylation sites (N-methyl/N-ethyl adjacent to an activating group) is 1. The predicted octanol–water partition coefficient (Wildman–Crippen LogP) is 0.439. The minimum atomic E-state index is -0.202. The van der Waals surface area contributed by atoms with Crippen LogP contribution in [0.4, 0.5) is 0 Å². The van der Waals surface area contributed by atoms with Gasteiger partial charge in [-0.05, 0) is 33.0 Å². The van der Waals surface area contributed by atoms with E-state index in [0.29, 0.717) is 25.2 Å². The molecule has 3 rings (SSSR count). The molecule has 1 saturated heterocycles. The van der Waals surface area contributed by atoms with E-state index in [1.807, 2.05) is 11.0 Å². The van der Waals surface area contributed by atoms with E-state index in [0.717, 1.165) is 13.1 Å². The molecular formula is C16H23N5O2. The van der Waals surface area contributed by atoms with Gasteiger partial charge in [-0.3, -0.25) is 14.1 Å². The molecule has 23 heavy (non-hydrogen) atoms. The third-order valence-corrected chi connectivity index (χ3v) is 4.70. The van der Waals surface area contributed by atoms with Gasteiger partial charge in [0, 0.05) is 37.8 Å². The van der Waals surface area contributed by atoms with Crippen molar-refractivity contribution in [3.63, 3.8) is 0 Å². The zero-order valence-corrected chi connectivity index (χ0v) is 13.9. The van der Waals surface area contributed by atoms with Crippen LogP contribution in [-0.2, 0) is 11.3 Å². The first-order valence-corrected chi connectivity index (χ1v) is 7.92. The zero-order chi connectivity index (χ0) is 16.6. The number of carbonyl (C=O) groups excluding carboxylic acids is 1. The van der Waals surface area contributed by atoms with Crippen LogP contribution in [-0.4, -0.2) is 62.1 Å². The van der Waals surface area contributed by atoms with E-state index in [2.05, 4.69) is 30.9 Å². The van der Waals surface area contributed by atoms with Crippen LogP contribution in [0, 0.1) is 0 Å². The van der Waals surface area contributed by atoms with Crippen LogP contribution in [0.2, 0.25) is 0 Å². The van der Waals surface area contributed by atoms with Crippen LogP contribution in [0.15, 0.2) is 29.2 Å². The predicted molar refractivity (Wildman–Crippen MR) is 87.4 cm³/mol. The second-order valence-corrected chi connectivity index (χ2v) is 6.73. The molecule has 0 N–H and O–H groups in total. The topological polar surface area (TPSA) is 62.9 Å². The highest BCUT2D eigenvalue weighted by Gasteiger charge is 2.32. The Bertz CT molecular complexity index is 776. The number of hydrogen-bond donors (Lipinski definition) is 0. The molecule has 0 atom stereocenters. The molecule has 7 nitrogen and oxygen atoms in total. The summed E-state index contributed by atoms with van der Waals surface area (Å²) in [6.07, 6.45) is 1.98. The Morgan fingerprint density at radius 1 is 1.30 bits per heavy atom. The molecule has 0 spiro atoms. The first-order chi connectivity index (χ1) is 10.9. The van der Waals surface area contributed by atoms with E-state index in [-0.39, 0.29) is 17.1 Å². The Morgan fingerprint density at radius 3 is 2.78 bits per heavy atom. The summed E-state index contributed by atoms with van der Waals surface area (Å²) in [5.41, 5.74) is 0.381. The maximum Gasteiger partial charge on any atom is 0.350 e. The molecule has 2 aromatic rings. The van der Waals surface area contributed by atoms with Gasteiger partial charge in [-0.25, -0.2) is 9.48 Å². The van der Waals surface area contributed by atoms with Crippen LogP contribution in [0.1, 0.15) is 20.3 Å². The van der Waals surface area contributed by atoms with E-state index in [4.69, 9.17) is 0 Å². The van der Waals surface area contributed by atoms with Gasteiger partial charge >= 0.3 is 5.69 Å². The monoisotopic (exact) mass is 317 g/mol. The molecule has 1 fully saturated rings. The molecule has 0 unspecified atom stereocenters. The fraction of sp³-hybridized carbons (Fsp3) is 0.562. The van der Waals surface area contributed by atoms with Gasteiger partial charge in [0.25, 0.3) is 0 Å². The summed E-state index contributed by atoms with van der Waals surface area (Å²) in [5.74, 6) is 0.0788. The number of fused-ring (bicyclic) bond motifs is 1. The van der Waals surface area contributed by atoms with Crippen molar-refractivity contribution in [2.75, 3.05) is 26.7 Å². The molecule has 0 aromatic carbocycles. The van der Waals surface area contributed by atoms with Gasteiger partial charge in [0.05, 0.1) is 6.54 Å². The van der Waals surface area contributed by atoms with Gasteiger partial charge in [0.15, 0.2) is 5.65 Å². The highest BCUT2D eigenvalue weighted by Crippen LogP contribution is 2.19. The number of aryl methyl sites for hydroxylation is 1. The van der Waals surface area contributed by atoms with Gasteiger partial charge in [-0.2, -0.15) is 0 Å². The molecule has 1 aliphatic heterocycles. The Balaban J connectivity index is 1.67. The average molecular weight is 317 g/mol. The van der Waals surface area contributed by atoms with Crippen molar-refractivity contribution in [2.24, 2.45) is 0 Å². The van der Waals surface area contributed by atoms with E-state index in [1.54, 1.807) is 18.3 Å². The third kappa shape index (κ3) is 3.01. The molecule has 124 valence electrons. The van der Waals surface area contributed by atoms with Gasteiger partial charge in [-0.1, -0.05) is 6.07 Å². The zero-order valence-electron chi connectivity index (χ0n) is 13.9. The molecular weight excluding hydrogens is 294 g/mol. The highest BCUT2D eigenvalue weighted by atomic mass is 16.2. The molecule has 1 aliphatic rings. The lowest BCUT2D eigenvalue weighted by molar-refractivity contribution is -0.136. The van der Waals surface area contributed by atoms with Crippen molar-refractivity contribution < 1.29 is 4.79 Å². The van der Waals surface area contributed by atoms with Crippen molar-refractivity contribution in [1.29, 1.82) is 0 Å². The quantitative estimate of drug-likeness (QED) is 0.824. The Kier molecular flexibility index (Phi) is 3.97. The van der Waals surface area contributed by atoms with Crippen molar-refractivity contribution in [3.8, 4) is 0 Å². The number of aromatic nitrogens is 3. The second kappa shape index (κ2) is 5.81. The van der Waals surface area contributed by atoms with Gasteiger partial charge in [0.1, 0.15) is 0 Å². The molecule has 0 aliphatic carbocycles. The lowest BCUT2D eigenvalue weighted by Crippen LogP contribution is -2.58. The fourth-order valence-electron chi connectivity index (χ4n) is 2.93. The standard InChI is InChI=1S/C16H23N5O2/c1-16(2)12-19(11-10-18(16)3)14(22)7-9-21-15(23)20-8-5-4-6-13(20)17-21/h4-6,8H,7,9-12H2,1-3H3. The van der Waals surface area contributed by atoms with Crippen LogP contribution in [0.25, 0.3) is 5.65 Å². The summed E-state index contributed by atoms with van der Waals surface area (Å²) < 4.78 is 2.86. The average Bonchev–Trinajstić information content (AvgIpc) is 2.84. The molecule has 0 bridgehead atoms. The highest BCUT2D eigenvalue weighted by molar-refractivity contribution is 5.76. The van der Waals surface area contributed by atoms with Gasteiger partial charge in [-0.15, -0.1) is 5.10 Å². The van der Waals surface area contributed by atoms with Gasteiger partial charge in [0.2, 0.25) is 5.91 Å². The molecule has 7 heteroatoms.